The molecule has 0 unspecified atom stereocenters. The van der Waals surface area contributed by atoms with Crippen LogP contribution in [0.5, 0.6) is 0 Å². The molecule has 0 aliphatic rings. The van der Waals surface area contributed by atoms with E-state index >= 15 is 0 Å². The van der Waals surface area contributed by atoms with Gasteiger partial charge in [-0.25, -0.2) is 8.42 Å². The van der Waals surface area contributed by atoms with Crippen LogP contribution in [0.2, 0.25) is 5.02 Å². The molecule has 2 heterocycles. The minimum atomic E-state index is -3.66. The fraction of sp³-hybridized carbons (Fsp3) is 0. The SMILES string of the molecule is O=S(=O)(Nc1ccsn1)c1c[nH]c2cc(Cl)ccc12. The third kappa shape index (κ3) is 2.32. The number of sulfonamides is 1. The molecule has 0 bridgehead atoms. The van der Waals surface area contributed by atoms with E-state index in [4.69, 9.17) is 11.6 Å². The lowest BCUT2D eigenvalue weighted by Crippen LogP contribution is -2.12. The minimum Gasteiger partial charge on any atom is -0.360 e. The molecular formula is C11H8ClN3O2S2. The average Bonchev–Trinajstić information content (AvgIpc) is 2.96. The van der Waals surface area contributed by atoms with Gasteiger partial charge in [-0.3, -0.25) is 4.72 Å². The van der Waals surface area contributed by atoms with E-state index in [9.17, 15) is 8.42 Å². The second kappa shape index (κ2) is 4.52. The second-order valence-corrected chi connectivity index (χ2v) is 6.59. The van der Waals surface area contributed by atoms with E-state index in [0.717, 1.165) is 0 Å². The molecule has 0 amide bonds. The number of benzene rings is 1. The van der Waals surface area contributed by atoms with Gasteiger partial charge in [-0.15, -0.1) is 0 Å². The molecule has 1 aromatic carbocycles. The summed E-state index contributed by atoms with van der Waals surface area (Å²) in [7, 11) is -3.66. The van der Waals surface area contributed by atoms with Gasteiger partial charge in [0.1, 0.15) is 4.90 Å². The maximum Gasteiger partial charge on any atom is 0.265 e. The Morgan fingerprint density at radius 2 is 2.16 bits per heavy atom. The Kier molecular flexibility index (Phi) is 2.96. The molecule has 0 fully saturated rings. The van der Waals surface area contributed by atoms with E-state index in [1.54, 1.807) is 29.6 Å². The van der Waals surface area contributed by atoms with Crippen molar-refractivity contribution in [2.24, 2.45) is 0 Å². The number of hydrogen-bond donors (Lipinski definition) is 2. The van der Waals surface area contributed by atoms with Gasteiger partial charge in [0.25, 0.3) is 10.0 Å². The molecule has 0 atom stereocenters. The van der Waals surface area contributed by atoms with Crippen molar-refractivity contribution >= 4 is 49.9 Å². The van der Waals surface area contributed by atoms with Crippen LogP contribution in [0.1, 0.15) is 0 Å². The van der Waals surface area contributed by atoms with Crippen LogP contribution in [-0.2, 0) is 10.0 Å². The van der Waals surface area contributed by atoms with Gasteiger partial charge in [0.05, 0.1) is 0 Å². The van der Waals surface area contributed by atoms with E-state index in [1.165, 1.54) is 17.7 Å². The highest BCUT2D eigenvalue weighted by Gasteiger charge is 2.19. The van der Waals surface area contributed by atoms with Crippen molar-refractivity contribution in [2.45, 2.75) is 4.90 Å². The number of halogens is 1. The zero-order valence-electron chi connectivity index (χ0n) is 9.42. The Hall–Kier alpha value is -1.57. The van der Waals surface area contributed by atoms with Gasteiger partial charge in [-0.05, 0) is 35.8 Å². The highest BCUT2D eigenvalue weighted by Crippen LogP contribution is 2.26. The molecule has 3 aromatic rings. The third-order valence-corrected chi connectivity index (χ3v) is 4.76. The van der Waals surface area contributed by atoms with Gasteiger partial charge in [-0.1, -0.05) is 11.6 Å². The molecule has 0 radical (unpaired) electrons. The summed E-state index contributed by atoms with van der Waals surface area (Å²) in [5.74, 6) is 0.313. The molecule has 19 heavy (non-hydrogen) atoms. The Morgan fingerprint density at radius 3 is 2.89 bits per heavy atom. The van der Waals surface area contributed by atoms with Crippen molar-refractivity contribution < 1.29 is 8.42 Å². The molecule has 2 aromatic heterocycles. The maximum absolute atomic E-state index is 12.3. The summed E-state index contributed by atoms with van der Waals surface area (Å²) in [5.41, 5.74) is 0.672. The fourth-order valence-corrected chi connectivity index (χ4v) is 3.63. The first-order valence-corrected chi connectivity index (χ1v) is 7.96. The number of hydrogen-bond acceptors (Lipinski definition) is 4. The summed E-state index contributed by atoms with van der Waals surface area (Å²) in [5, 5.41) is 2.84. The van der Waals surface area contributed by atoms with Crippen molar-refractivity contribution in [3.63, 3.8) is 0 Å². The van der Waals surface area contributed by atoms with Gasteiger partial charge in [0.2, 0.25) is 0 Å². The van der Waals surface area contributed by atoms with Crippen LogP contribution in [0.25, 0.3) is 10.9 Å². The van der Waals surface area contributed by atoms with E-state index in [-0.39, 0.29) is 4.90 Å². The third-order valence-electron chi connectivity index (χ3n) is 2.57. The largest absolute Gasteiger partial charge is 0.360 e. The number of aromatic amines is 1. The molecule has 3 rings (SSSR count). The Labute approximate surface area is 118 Å². The number of nitrogens with one attached hydrogen (secondary N) is 2. The zero-order chi connectivity index (χ0) is 13.5. The van der Waals surface area contributed by atoms with Gasteiger partial charge >= 0.3 is 0 Å². The van der Waals surface area contributed by atoms with Crippen LogP contribution in [0.15, 0.2) is 40.7 Å². The molecule has 98 valence electrons. The lowest BCUT2D eigenvalue weighted by Gasteiger charge is -2.03. The van der Waals surface area contributed by atoms with Crippen LogP contribution in [0.4, 0.5) is 5.82 Å². The van der Waals surface area contributed by atoms with Crippen LogP contribution >= 0.6 is 23.1 Å². The minimum absolute atomic E-state index is 0.173. The molecule has 2 N–H and O–H groups in total. The average molecular weight is 314 g/mol. The summed E-state index contributed by atoms with van der Waals surface area (Å²) in [6.07, 6.45) is 1.44. The standard InChI is InChI=1S/C11H8ClN3O2S2/c12-7-1-2-8-9(5-7)13-6-10(8)19(16,17)15-11-3-4-18-14-11/h1-6,13H,(H,14,15). The first-order chi connectivity index (χ1) is 9.06. The highest BCUT2D eigenvalue weighted by atomic mass is 35.5. The lowest BCUT2D eigenvalue weighted by atomic mass is 10.2. The normalized spacial score (nSPS) is 11.8. The number of H-pyrrole nitrogens is 1. The molecule has 0 saturated carbocycles. The van der Waals surface area contributed by atoms with Crippen molar-refractivity contribution in [3.05, 3.63) is 40.9 Å². The number of rotatable bonds is 3. The Balaban J connectivity index is 2.08. The van der Waals surface area contributed by atoms with Crippen molar-refractivity contribution in [2.75, 3.05) is 4.72 Å². The molecule has 0 aliphatic carbocycles. The number of aromatic nitrogens is 2. The smallest absolute Gasteiger partial charge is 0.265 e. The fourth-order valence-electron chi connectivity index (χ4n) is 1.75. The maximum atomic E-state index is 12.3. The summed E-state index contributed by atoms with van der Waals surface area (Å²) in [6, 6.07) is 6.61. The van der Waals surface area contributed by atoms with Crippen LogP contribution in [0, 0.1) is 0 Å². The van der Waals surface area contributed by atoms with Crippen LogP contribution < -0.4 is 4.72 Å². The van der Waals surface area contributed by atoms with E-state index in [1.807, 2.05) is 0 Å². The van der Waals surface area contributed by atoms with Crippen molar-refractivity contribution in [1.29, 1.82) is 0 Å². The van der Waals surface area contributed by atoms with Crippen molar-refractivity contribution in [3.8, 4) is 0 Å². The highest BCUT2D eigenvalue weighted by molar-refractivity contribution is 7.93. The summed E-state index contributed by atoms with van der Waals surface area (Å²) in [4.78, 5) is 3.07. The number of anilines is 1. The van der Waals surface area contributed by atoms with Crippen LogP contribution in [-0.4, -0.2) is 17.8 Å². The van der Waals surface area contributed by atoms with Crippen molar-refractivity contribution in [1.82, 2.24) is 9.36 Å². The topological polar surface area (TPSA) is 74.8 Å². The molecule has 5 nitrogen and oxygen atoms in total. The molecule has 0 spiro atoms. The summed E-state index contributed by atoms with van der Waals surface area (Å²) in [6.45, 7) is 0. The zero-order valence-corrected chi connectivity index (χ0v) is 11.8. The van der Waals surface area contributed by atoms with E-state index < -0.39 is 10.0 Å². The predicted octanol–water partition coefficient (Wildman–Crippen LogP) is 3.08. The van der Waals surface area contributed by atoms with Gasteiger partial charge in [0.15, 0.2) is 5.82 Å². The summed E-state index contributed by atoms with van der Waals surface area (Å²) >= 11 is 7.04. The second-order valence-electron chi connectivity index (χ2n) is 3.83. The van der Waals surface area contributed by atoms with E-state index in [2.05, 4.69) is 14.1 Å². The Morgan fingerprint density at radius 1 is 1.32 bits per heavy atom. The van der Waals surface area contributed by atoms with Crippen LogP contribution in [0.3, 0.4) is 0 Å². The first kappa shape index (κ1) is 12.5. The number of fused-ring (bicyclic) bond motifs is 1. The molecule has 8 heteroatoms. The predicted molar refractivity (Wildman–Crippen MR) is 76.2 cm³/mol. The molecule has 0 saturated heterocycles. The van der Waals surface area contributed by atoms with Gasteiger partial charge in [0, 0.05) is 27.5 Å². The lowest BCUT2D eigenvalue weighted by molar-refractivity contribution is 0.602. The molecular weight excluding hydrogens is 306 g/mol. The summed E-state index contributed by atoms with van der Waals surface area (Å²) < 4.78 is 30.9. The van der Waals surface area contributed by atoms with Gasteiger partial charge < -0.3 is 4.98 Å². The number of nitrogens with zero attached hydrogens (tertiary/aromatic N) is 1. The van der Waals surface area contributed by atoms with Gasteiger partial charge in [-0.2, -0.15) is 4.37 Å². The first-order valence-electron chi connectivity index (χ1n) is 5.26. The molecule has 0 aliphatic heterocycles. The Bertz CT molecular complexity index is 825. The van der Waals surface area contributed by atoms with E-state index in [0.29, 0.717) is 21.7 Å². The quantitative estimate of drug-likeness (QED) is 0.780. The monoisotopic (exact) mass is 313 g/mol.